The Hall–Kier alpha value is -0.250. The lowest BCUT2D eigenvalue weighted by atomic mass is 10.3. The Balaban J connectivity index is 3.15. The maximum absolute atomic E-state index is 11.6. The Morgan fingerprint density at radius 1 is 1.71 bits per heavy atom. The molecule has 1 rings (SSSR count). The molecule has 0 aliphatic heterocycles. The van der Waals surface area contributed by atoms with Gasteiger partial charge in [0.1, 0.15) is 0 Å². The van der Waals surface area contributed by atoms with Crippen LogP contribution in [0.3, 0.4) is 0 Å². The van der Waals surface area contributed by atoms with Gasteiger partial charge in [-0.3, -0.25) is 4.79 Å². The van der Waals surface area contributed by atoms with E-state index in [2.05, 4.69) is 15.9 Å². The van der Waals surface area contributed by atoms with Crippen molar-refractivity contribution in [3.05, 3.63) is 43.2 Å². The van der Waals surface area contributed by atoms with Gasteiger partial charge in [0.25, 0.3) is 5.56 Å². The summed E-state index contributed by atoms with van der Waals surface area (Å²) < 4.78 is 2.34. The first kappa shape index (κ1) is 11.8. The van der Waals surface area contributed by atoms with E-state index in [0.717, 1.165) is 4.47 Å². The van der Waals surface area contributed by atoms with Gasteiger partial charge in [-0.15, -0.1) is 0 Å². The minimum absolute atomic E-state index is 0.0649. The van der Waals surface area contributed by atoms with Crippen LogP contribution in [0.4, 0.5) is 0 Å². The fraction of sp³-hybridized carbons (Fsp3) is 0.222. The summed E-state index contributed by atoms with van der Waals surface area (Å²) in [6, 6.07) is 1.76. The van der Waals surface area contributed by atoms with Gasteiger partial charge in [-0.05, 0) is 28.9 Å². The maximum Gasteiger partial charge on any atom is 0.253 e. The summed E-state index contributed by atoms with van der Waals surface area (Å²) in [6.45, 7) is 2.05. The largest absolute Gasteiger partial charge is 0.309 e. The molecule has 76 valence electrons. The highest BCUT2D eigenvalue weighted by Gasteiger charge is 2.02. The van der Waals surface area contributed by atoms with Crippen LogP contribution < -0.4 is 5.56 Å². The first-order valence-corrected chi connectivity index (χ1v) is 5.46. The van der Waals surface area contributed by atoms with Crippen LogP contribution in [0.2, 0.25) is 0 Å². The van der Waals surface area contributed by atoms with Gasteiger partial charge in [0.05, 0.1) is 6.54 Å². The van der Waals surface area contributed by atoms with Crippen LogP contribution in [0.15, 0.2) is 32.1 Å². The molecule has 1 aromatic rings. The average molecular weight is 297 g/mol. The monoisotopic (exact) mass is 295 g/mol. The van der Waals surface area contributed by atoms with Gasteiger partial charge in [0.15, 0.2) is 0 Å². The molecule has 2 nitrogen and oxygen atoms in total. The summed E-state index contributed by atoms with van der Waals surface area (Å²) in [6.07, 6.45) is 1.68. The van der Waals surface area contributed by atoms with Crippen LogP contribution >= 0.6 is 39.1 Å². The average Bonchev–Trinajstić information content (AvgIpc) is 2.13. The van der Waals surface area contributed by atoms with E-state index in [0.29, 0.717) is 17.1 Å². The predicted octanol–water partition coefficient (Wildman–Crippen LogP) is 3.24. The number of halogens is 3. The van der Waals surface area contributed by atoms with Crippen molar-refractivity contribution in [2.24, 2.45) is 0 Å². The summed E-state index contributed by atoms with van der Waals surface area (Å²) >= 11 is 14.4. The third kappa shape index (κ3) is 2.87. The van der Waals surface area contributed by atoms with Gasteiger partial charge >= 0.3 is 0 Å². The van der Waals surface area contributed by atoms with E-state index in [1.54, 1.807) is 19.2 Å². The van der Waals surface area contributed by atoms with Crippen molar-refractivity contribution in [1.29, 1.82) is 0 Å². The van der Waals surface area contributed by atoms with Gasteiger partial charge in [-0.1, -0.05) is 23.2 Å². The van der Waals surface area contributed by atoms with Crippen LogP contribution in [-0.4, -0.2) is 4.57 Å². The molecule has 0 unspecified atom stereocenters. The van der Waals surface area contributed by atoms with Crippen LogP contribution in [0, 0.1) is 6.92 Å². The highest BCUT2D eigenvalue weighted by atomic mass is 79.9. The third-order valence-corrected chi connectivity index (χ3v) is 2.71. The van der Waals surface area contributed by atoms with E-state index in [1.165, 1.54) is 10.1 Å². The Labute approximate surface area is 100 Å². The molecule has 1 heterocycles. The number of nitrogens with zero attached hydrogens (tertiary/aromatic N) is 1. The molecule has 0 bridgehead atoms. The lowest BCUT2D eigenvalue weighted by Crippen LogP contribution is -2.21. The molecular weight excluding hydrogens is 289 g/mol. The maximum atomic E-state index is 11.6. The number of rotatable bonds is 2. The van der Waals surface area contributed by atoms with Gasteiger partial charge in [-0.2, -0.15) is 0 Å². The molecule has 0 saturated carbocycles. The minimum Gasteiger partial charge on any atom is -0.309 e. The number of allylic oxidation sites excluding steroid dienone is 1. The number of hydrogen-bond donors (Lipinski definition) is 0. The molecule has 0 spiro atoms. The molecule has 0 fully saturated rings. The zero-order valence-corrected chi connectivity index (χ0v) is 10.5. The highest BCUT2D eigenvalue weighted by molar-refractivity contribution is 9.10. The van der Waals surface area contributed by atoms with E-state index in [-0.39, 0.29) is 5.56 Å². The van der Waals surface area contributed by atoms with Crippen molar-refractivity contribution in [1.82, 2.24) is 4.57 Å². The molecule has 1 aromatic heterocycles. The topological polar surface area (TPSA) is 22.0 Å². The first-order chi connectivity index (χ1) is 6.54. The standard InChI is InChI=1S/C9H8BrCl2NO/c1-6-2-7(10)4-13(9(6)14)5-8(12)3-11/h2-4H,5H2,1H3. The van der Waals surface area contributed by atoms with Crippen molar-refractivity contribution in [2.45, 2.75) is 13.5 Å². The van der Waals surface area contributed by atoms with Gasteiger partial charge in [-0.25, -0.2) is 0 Å². The molecule has 14 heavy (non-hydrogen) atoms. The Bertz CT molecular complexity index is 425. The third-order valence-electron chi connectivity index (χ3n) is 1.67. The molecule has 0 N–H and O–H groups in total. The summed E-state index contributed by atoms with van der Waals surface area (Å²) in [5.41, 5.74) is 1.85. The fourth-order valence-electron chi connectivity index (χ4n) is 1.05. The molecule has 0 aliphatic rings. The summed E-state index contributed by atoms with van der Waals surface area (Å²) in [4.78, 5) is 11.6. The smallest absolute Gasteiger partial charge is 0.253 e. The van der Waals surface area contributed by atoms with Crippen molar-refractivity contribution in [3.8, 4) is 0 Å². The molecule has 0 radical (unpaired) electrons. The van der Waals surface area contributed by atoms with Gasteiger partial charge in [0.2, 0.25) is 0 Å². The lowest BCUT2D eigenvalue weighted by molar-refractivity contribution is 0.759. The molecule has 0 saturated heterocycles. The first-order valence-electron chi connectivity index (χ1n) is 3.86. The fourth-order valence-corrected chi connectivity index (χ4v) is 1.84. The molecule has 0 aliphatic carbocycles. The van der Waals surface area contributed by atoms with Gasteiger partial charge in [0, 0.05) is 26.8 Å². The van der Waals surface area contributed by atoms with Crippen molar-refractivity contribution >= 4 is 39.1 Å². The van der Waals surface area contributed by atoms with E-state index >= 15 is 0 Å². The Morgan fingerprint density at radius 3 is 2.93 bits per heavy atom. The number of hydrogen-bond acceptors (Lipinski definition) is 1. The number of pyridine rings is 1. The van der Waals surface area contributed by atoms with Crippen LogP contribution in [0.5, 0.6) is 0 Å². The van der Waals surface area contributed by atoms with Crippen LogP contribution in [-0.2, 0) is 6.54 Å². The normalized spacial score (nSPS) is 11.9. The summed E-state index contributed by atoms with van der Waals surface area (Å²) in [5.74, 6) is 0. The minimum atomic E-state index is -0.0649. The quantitative estimate of drug-likeness (QED) is 0.821. The Morgan fingerprint density at radius 2 is 2.36 bits per heavy atom. The zero-order valence-electron chi connectivity index (χ0n) is 7.43. The molecule has 0 atom stereocenters. The predicted molar refractivity (Wildman–Crippen MR) is 62.9 cm³/mol. The molecule has 5 heteroatoms. The van der Waals surface area contributed by atoms with E-state index in [1.807, 2.05) is 0 Å². The second-order valence-corrected chi connectivity index (χ2v) is 4.45. The van der Waals surface area contributed by atoms with E-state index in [9.17, 15) is 4.79 Å². The molecule has 0 amide bonds. The number of aryl methyl sites for hydroxylation is 1. The van der Waals surface area contributed by atoms with Crippen LogP contribution in [0.25, 0.3) is 0 Å². The highest BCUT2D eigenvalue weighted by Crippen LogP contribution is 2.11. The summed E-state index contributed by atoms with van der Waals surface area (Å²) in [7, 11) is 0. The SMILES string of the molecule is Cc1cc(Br)cn(CC(Cl)=CCl)c1=O. The zero-order chi connectivity index (χ0) is 10.7. The van der Waals surface area contributed by atoms with E-state index in [4.69, 9.17) is 23.2 Å². The second kappa shape index (κ2) is 5.01. The van der Waals surface area contributed by atoms with Gasteiger partial charge < -0.3 is 4.57 Å². The van der Waals surface area contributed by atoms with Crippen molar-refractivity contribution < 1.29 is 0 Å². The van der Waals surface area contributed by atoms with Crippen LogP contribution in [0.1, 0.15) is 5.56 Å². The van der Waals surface area contributed by atoms with Crippen molar-refractivity contribution in [3.63, 3.8) is 0 Å². The second-order valence-electron chi connectivity index (χ2n) is 2.83. The molecular formula is C9H8BrCl2NO. The summed E-state index contributed by atoms with van der Waals surface area (Å²) in [5, 5.41) is 0.422. The number of aromatic nitrogens is 1. The molecule has 0 aromatic carbocycles. The lowest BCUT2D eigenvalue weighted by Gasteiger charge is -2.06. The Kier molecular flexibility index (Phi) is 4.23. The van der Waals surface area contributed by atoms with E-state index < -0.39 is 0 Å². The van der Waals surface area contributed by atoms with Crippen molar-refractivity contribution in [2.75, 3.05) is 0 Å².